The normalized spacial score (nSPS) is 26.2. The van der Waals surface area contributed by atoms with Crippen LogP contribution in [0, 0.1) is 5.92 Å². The molecule has 0 radical (unpaired) electrons. The van der Waals surface area contributed by atoms with Crippen LogP contribution in [0.3, 0.4) is 0 Å². The Morgan fingerprint density at radius 2 is 1.80 bits per heavy atom. The van der Waals surface area contributed by atoms with Gasteiger partial charge in [-0.25, -0.2) is 0 Å². The first-order chi connectivity index (χ1) is 9.74. The fraction of sp³-hybridized carbons (Fsp3) is 0.625. The van der Waals surface area contributed by atoms with Crippen LogP contribution in [0.15, 0.2) is 24.5 Å². The van der Waals surface area contributed by atoms with Crippen LogP contribution in [0.2, 0.25) is 0 Å². The van der Waals surface area contributed by atoms with Gasteiger partial charge >= 0.3 is 0 Å². The SMILES string of the molecule is NC1CCC(C(=O)N(Cc2ccncc2)C2CC2)CC1. The zero-order valence-electron chi connectivity index (χ0n) is 11.9. The Kier molecular flexibility index (Phi) is 4.01. The lowest BCUT2D eigenvalue weighted by atomic mass is 9.85. The molecule has 1 amide bonds. The van der Waals surface area contributed by atoms with Gasteiger partial charge in [0.05, 0.1) is 0 Å². The summed E-state index contributed by atoms with van der Waals surface area (Å²) in [6.07, 6.45) is 9.80. The number of carbonyl (C=O) groups excluding carboxylic acids is 1. The summed E-state index contributed by atoms with van der Waals surface area (Å²) in [5.41, 5.74) is 7.11. The van der Waals surface area contributed by atoms with E-state index >= 15 is 0 Å². The molecular weight excluding hydrogens is 250 g/mol. The van der Waals surface area contributed by atoms with Gasteiger partial charge in [0, 0.05) is 36.9 Å². The lowest BCUT2D eigenvalue weighted by molar-refractivity contribution is -0.137. The van der Waals surface area contributed by atoms with E-state index in [0.717, 1.165) is 45.1 Å². The van der Waals surface area contributed by atoms with Gasteiger partial charge in [0.1, 0.15) is 0 Å². The average Bonchev–Trinajstić information content (AvgIpc) is 3.30. The Morgan fingerprint density at radius 3 is 2.40 bits per heavy atom. The highest BCUT2D eigenvalue weighted by Gasteiger charge is 2.36. The van der Waals surface area contributed by atoms with Gasteiger partial charge in [0.25, 0.3) is 0 Å². The molecule has 0 spiro atoms. The number of carbonyl (C=O) groups is 1. The number of hydrogen-bond acceptors (Lipinski definition) is 3. The Morgan fingerprint density at radius 1 is 1.15 bits per heavy atom. The van der Waals surface area contributed by atoms with E-state index in [2.05, 4.69) is 9.88 Å². The molecule has 4 nitrogen and oxygen atoms in total. The third-order valence-electron chi connectivity index (χ3n) is 4.49. The topological polar surface area (TPSA) is 59.2 Å². The zero-order chi connectivity index (χ0) is 13.9. The van der Waals surface area contributed by atoms with Crippen LogP contribution in [0.1, 0.15) is 44.1 Å². The van der Waals surface area contributed by atoms with Gasteiger partial charge in [-0.3, -0.25) is 9.78 Å². The fourth-order valence-corrected chi connectivity index (χ4v) is 3.06. The summed E-state index contributed by atoms with van der Waals surface area (Å²) in [7, 11) is 0. The quantitative estimate of drug-likeness (QED) is 0.914. The van der Waals surface area contributed by atoms with Gasteiger partial charge in [0.15, 0.2) is 0 Å². The Balaban J connectivity index is 1.66. The van der Waals surface area contributed by atoms with Crippen molar-refractivity contribution in [1.29, 1.82) is 0 Å². The average molecular weight is 273 g/mol. The van der Waals surface area contributed by atoms with E-state index in [1.54, 1.807) is 12.4 Å². The van der Waals surface area contributed by atoms with Crippen LogP contribution < -0.4 is 5.73 Å². The molecule has 2 fully saturated rings. The molecule has 4 heteroatoms. The van der Waals surface area contributed by atoms with Crippen LogP contribution in [0.4, 0.5) is 0 Å². The first-order valence-corrected chi connectivity index (χ1v) is 7.69. The predicted octanol–water partition coefficient (Wildman–Crippen LogP) is 2.09. The number of nitrogens with zero attached hydrogens (tertiary/aromatic N) is 2. The second-order valence-corrected chi connectivity index (χ2v) is 6.16. The fourth-order valence-electron chi connectivity index (χ4n) is 3.06. The van der Waals surface area contributed by atoms with Crippen LogP contribution >= 0.6 is 0 Å². The minimum absolute atomic E-state index is 0.192. The molecule has 2 aliphatic rings. The molecule has 1 aromatic rings. The molecule has 0 aromatic carbocycles. The van der Waals surface area contributed by atoms with Crippen molar-refractivity contribution in [3.8, 4) is 0 Å². The molecule has 20 heavy (non-hydrogen) atoms. The van der Waals surface area contributed by atoms with Crippen molar-refractivity contribution in [1.82, 2.24) is 9.88 Å². The lowest BCUT2D eigenvalue weighted by Gasteiger charge is -2.31. The van der Waals surface area contributed by atoms with E-state index in [0.29, 0.717) is 18.0 Å². The molecule has 2 aliphatic carbocycles. The minimum atomic E-state index is 0.192. The van der Waals surface area contributed by atoms with E-state index in [4.69, 9.17) is 5.73 Å². The molecule has 3 rings (SSSR count). The van der Waals surface area contributed by atoms with Crippen LogP contribution in [0.5, 0.6) is 0 Å². The highest BCUT2D eigenvalue weighted by atomic mass is 16.2. The predicted molar refractivity (Wildman–Crippen MR) is 77.7 cm³/mol. The lowest BCUT2D eigenvalue weighted by Crippen LogP contribution is -2.40. The summed E-state index contributed by atoms with van der Waals surface area (Å²) in [6.45, 7) is 0.731. The monoisotopic (exact) mass is 273 g/mol. The molecular formula is C16H23N3O. The molecule has 2 saturated carbocycles. The van der Waals surface area contributed by atoms with Crippen molar-refractivity contribution in [3.63, 3.8) is 0 Å². The van der Waals surface area contributed by atoms with Crippen molar-refractivity contribution in [2.24, 2.45) is 11.7 Å². The molecule has 108 valence electrons. The van der Waals surface area contributed by atoms with Crippen molar-refractivity contribution >= 4 is 5.91 Å². The Hall–Kier alpha value is -1.42. The third kappa shape index (κ3) is 3.18. The second-order valence-electron chi connectivity index (χ2n) is 6.16. The summed E-state index contributed by atoms with van der Waals surface area (Å²) >= 11 is 0. The number of nitrogens with two attached hydrogens (primary N) is 1. The van der Waals surface area contributed by atoms with Crippen molar-refractivity contribution < 1.29 is 4.79 Å². The molecule has 2 N–H and O–H groups in total. The first-order valence-electron chi connectivity index (χ1n) is 7.69. The Labute approximate surface area is 120 Å². The maximum absolute atomic E-state index is 12.8. The maximum Gasteiger partial charge on any atom is 0.226 e. The molecule has 1 aromatic heterocycles. The highest BCUT2D eigenvalue weighted by molar-refractivity contribution is 5.79. The summed E-state index contributed by atoms with van der Waals surface area (Å²) < 4.78 is 0. The van der Waals surface area contributed by atoms with Crippen LogP contribution in [-0.2, 0) is 11.3 Å². The van der Waals surface area contributed by atoms with Gasteiger partial charge in [-0.1, -0.05) is 0 Å². The number of aromatic nitrogens is 1. The second kappa shape index (κ2) is 5.92. The number of amides is 1. The van der Waals surface area contributed by atoms with Gasteiger partial charge in [-0.05, 0) is 56.2 Å². The van der Waals surface area contributed by atoms with Gasteiger partial charge < -0.3 is 10.6 Å². The van der Waals surface area contributed by atoms with E-state index in [1.807, 2.05) is 12.1 Å². The van der Waals surface area contributed by atoms with Crippen molar-refractivity contribution in [3.05, 3.63) is 30.1 Å². The smallest absolute Gasteiger partial charge is 0.226 e. The molecule has 0 saturated heterocycles. The maximum atomic E-state index is 12.8. The summed E-state index contributed by atoms with van der Waals surface area (Å²) in [5.74, 6) is 0.536. The molecule has 1 heterocycles. The first kappa shape index (κ1) is 13.6. The number of rotatable bonds is 4. The van der Waals surface area contributed by atoms with E-state index in [1.165, 1.54) is 5.56 Å². The largest absolute Gasteiger partial charge is 0.335 e. The van der Waals surface area contributed by atoms with Gasteiger partial charge in [-0.2, -0.15) is 0 Å². The highest BCUT2D eigenvalue weighted by Crippen LogP contribution is 2.33. The number of pyridine rings is 1. The third-order valence-corrected chi connectivity index (χ3v) is 4.49. The van der Waals surface area contributed by atoms with Crippen LogP contribution in [0.25, 0.3) is 0 Å². The summed E-state index contributed by atoms with van der Waals surface area (Å²) in [6, 6.07) is 4.76. The Bertz CT molecular complexity index is 450. The zero-order valence-corrected chi connectivity index (χ0v) is 11.9. The summed E-state index contributed by atoms with van der Waals surface area (Å²) in [5, 5.41) is 0. The van der Waals surface area contributed by atoms with E-state index in [-0.39, 0.29) is 5.92 Å². The summed E-state index contributed by atoms with van der Waals surface area (Å²) in [4.78, 5) is 18.9. The molecule has 0 atom stereocenters. The number of hydrogen-bond donors (Lipinski definition) is 1. The standard InChI is InChI=1S/C16H23N3O/c17-14-3-1-13(2-4-14)16(20)19(15-5-6-15)11-12-7-9-18-10-8-12/h7-10,13-15H,1-6,11,17H2. The van der Waals surface area contributed by atoms with E-state index < -0.39 is 0 Å². The molecule has 0 bridgehead atoms. The van der Waals surface area contributed by atoms with E-state index in [9.17, 15) is 4.79 Å². The minimum Gasteiger partial charge on any atom is -0.335 e. The molecule has 0 unspecified atom stereocenters. The van der Waals surface area contributed by atoms with Crippen molar-refractivity contribution in [2.75, 3.05) is 0 Å². The van der Waals surface area contributed by atoms with Gasteiger partial charge in [0.2, 0.25) is 5.91 Å². The van der Waals surface area contributed by atoms with Crippen LogP contribution in [-0.4, -0.2) is 27.9 Å². The van der Waals surface area contributed by atoms with Gasteiger partial charge in [-0.15, -0.1) is 0 Å². The van der Waals surface area contributed by atoms with Crippen molar-refractivity contribution in [2.45, 2.75) is 57.2 Å². The molecule has 0 aliphatic heterocycles.